The second-order valence-electron chi connectivity index (χ2n) is 4.76. The summed E-state index contributed by atoms with van der Waals surface area (Å²) in [5, 5.41) is 0.583. The Labute approximate surface area is 122 Å². The molecule has 1 atom stereocenters. The Bertz CT molecular complexity index is 605. The number of hydrogen-bond acceptors (Lipinski definition) is 3. The second kappa shape index (κ2) is 6.18. The van der Waals surface area contributed by atoms with Crippen LogP contribution in [0.2, 0.25) is 0 Å². The Balaban J connectivity index is 2.13. The zero-order valence-corrected chi connectivity index (χ0v) is 12.5. The summed E-state index contributed by atoms with van der Waals surface area (Å²) in [5.74, 6) is -0.353. The van der Waals surface area contributed by atoms with Crippen LogP contribution in [0.1, 0.15) is 28.5 Å². The van der Waals surface area contributed by atoms with Crippen LogP contribution >= 0.6 is 11.8 Å². The minimum absolute atomic E-state index is 0.0176. The number of benzene rings is 1. The third kappa shape index (κ3) is 3.67. The van der Waals surface area contributed by atoms with E-state index in [0.29, 0.717) is 5.56 Å². The van der Waals surface area contributed by atoms with Crippen LogP contribution in [0.15, 0.2) is 41.4 Å². The van der Waals surface area contributed by atoms with Crippen molar-refractivity contribution in [3.63, 3.8) is 0 Å². The normalized spacial score (nSPS) is 12.2. The molecule has 0 amide bonds. The van der Waals surface area contributed by atoms with E-state index in [1.54, 1.807) is 0 Å². The molecule has 0 radical (unpaired) electrons. The summed E-state index contributed by atoms with van der Waals surface area (Å²) in [6.45, 7) is 5.78. The number of hydrogen-bond donors (Lipinski definition) is 0. The van der Waals surface area contributed by atoms with Crippen molar-refractivity contribution in [2.24, 2.45) is 0 Å². The van der Waals surface area contributed by atoms with Crippen LogP contribution in [0.5, 0.6) is 0 Å². The molecular weight excluding hydrogens is 273 g/mol. The minimum Gasteiger partial charge on any atom is -0.293 e. The van der Waals surface area contributed by atoms with Crippen LogP contribution in [-0.4, -0.2) is 16.0 Å². The predicted octanol–water partition coefficient (Wildman–Crippen LogP) is 4.20. The van der Waals surface area contributed by atoms with Crippen molar-refractivity contribution in [1.82, 2.24) is 4.98 Å². The average molecular weight is 289 g/mol. The van der Waals surface area contributed by atoms with Gasteiger partial charge in [-0.05, 0) is 62.7 Å². The summed E-state index contributed by atoms with van der Waals surface area (Å²) < 4.78 is 12.9. The first-order valence-corrected chi connectivity index (χ1v) is 7.25. The lowest BCUT2D eigenvalue weighted by Gasteiger charge is -2.11. The Kier molecular flexibility index (Phi) is 4.55. The SMILES string of the molecule is Cc1cc(C)nc(SC(C)C(=O)c2ccc(F)cc2)c1. The Morgan fingerprint density at radius 2 is 1.85 bits per heavy atom. The van der Waals surface area contributed by atoms with E-state index in [4.69, 9.17) is 0 Å². The first-order valence-electron chi connectivity index (χ1n) is 6.37. The highest BCUT2D eigenvalue weighted by molar-refractivity contribution is 8.00. The molecule has 20 heavy (non-hydrogen) atoms. The van der Waals surface area contributed by atoms with Crippen molar-refractivity contribution in [1.29, 1.82) is 0 Å². The third-order valence-corrected chi connectivity index (χ3v) is 3.89. The fraction of sp³-hybridized carbons (Fsp3) is 0.250. The van der Waals surface area contributed by atoms with E-state index in [0.717, 1.165) is 16.3 Å². The van der Waals surface area contributed by atoms with Gasteiger partial charge in [0, 0.05) is 11.3 Å². The summed E-state index contributed by atoms with van der Waals surface area (Å²) in [5.41, 5.74) is 2.59. The Morgan fingerprint density at radius 3 is 2.45 bits per heavy atom. The lowest BCUT2D eigenvalue weighted by molar-refractivity contribution is 0.0994. The third-order valence-electron chi connectivity index (χ3n) is 2.87. The van der Waals surface area contributed by atoms with Crippen LogP contribution in [0.25, 0.3) is 0 Å². The molecule has 1 aromatic carbocycles. The van der Waals surface area contributed by atoms with Gasteiger partial charge in [0.2, 0.25) is 0 Å². The largest absolute Gasteiger partial charge is 0.293 e. The molecule has 2 nitrogen and oxygen atoms in total. The molecule has 0 aliphatic heterocycles. The van der Waals surface area contributed by atoms with Gasteiger partial charge in [-0.15, -0.1) is 0 Å². The number of ketones is 1. The van der Waals surface area contributed by atoms with Crippen LogP contribution in [-0.2, 0) is 0 Å². The molecule has 104 valence electrons. The van der Waals surface area contributed by atoms with Gasteiger partial charge in [0.25, 0.3) is 0 Å². The fourth-order valence-electron chi connectivity index (χ4n) is 1.95. The average Bonchev–Trinajstić information content (AvgIpc) is 2.37. The van der Waals surface area contributed by atoms with E-state index in [1.807, 2.05) is 32.9 Å². The number of pyridine rings is 1. The summed E-state index contributed by atoms with van der Waals surface area (Å²) >= 11 is 1.42. The molecular formula is C16H16FNOS. The maximum absolute atomic E-state index is 12.9. The predicted molar refractivity (Wildman–Crippen MR) is 79.8 cm³/mol. The molecule has 2 aromatic rings. The summed E-state index contributed by atoms with van der Waals surface area (Å²) in [6.07, 6.45) is 0. The maximum Gasteiger partial charge on any atom is 0.175 e. The summed E-state index contributed by atoms with van der Waals surface area (Å²) in [7, 11) is 0. The van der Waals surface area contributed by atoms with Crippen molar-refractivity contribution < 1.29 is 9.18 Å². The van der Waals surface area contributed by atoms with Crippen LogP contribution in [0, 0.1) is 19.7 Å². The molecule has 0 spiro atoms. The van der Waals surface area contributed by atoms with Crippen molar-refractivity contribution >= 4 is 17.5 Å². The smallest absolute Gasteiger partial charge is 0.175 e. The topological polar surface area (TPSA) is 30.0 Å². The van der Waals surface area contributed by atoms with E-state index < -0.39 is 0 Å². The maximum atomic E-state index is 12.9. The molecule has 0 aliphatic carbocycles. The van der Waals surface area contributed by atoms with Crippen molar-refractivity contribution in [3.05, 3.63) is 59.0 Å². The van der Waals surface area contributed by atoms with E-state index in [9.17, 15) is 9.18 Å². The van der Waals surface area contributed by atoms with Crippen LogP contribution < -0.4 is 0 Å². The Hall–Kier alpha value is -1.68. The van der Waals surface area contributed by atoms with Crippen molar-refractivity contribution in [3.8, 4) is 0 Å². The van der Waals surface area contributed by atoms with Gasteiger partial charge in [0.05, 0.1) is 10.3 Å². The number of carbonyl (C=O) groups is 1. The van der Waals surface area contributed by atoms with E-state index in [1.165, 1.54) is 36.0 Å². The number of halogens is 1. The van der Waals surface area contributed by atoms with E-state index in [-0.39, 0.29) is 16.9 Å². The number of nitrogens with zero attached hydrogens (tertiary/aromatic N) is 1. The van der Waals surface area contributed by atoms with Crippen molar-refractivity contribution in [2.45, 2.75) is 31.0 Å². The molecule has 0 bridgehead atoms. The van der Waals surface area contributed by atoms with Gasteiger partial charge in [-0.25, -0.2) is 9.37 Å². The van der Waals surface area contributed by atoms with Crippen molar-refractivity contribution in [2.75, 3.05) is 0 Å². The van der Waals surface area contributed by atoms with Crippen LogP contribution in [0.3, 0.4) is 0 Å². The lowest BCUT2D eigenvalue weighted by Crippen LogP contribution is -2.13. The molecule has 0 N–H and O–H groups in total. The number of thioether (sulfide) groups is 1. The highest BCUT2D eigenvalue weighted by Crippen LogP contribution is 2.25. The lowest BCUT2D eigenvalue weighted by atomic mass is 10.1. The molecule has 4 heteroatoms. The number of carbonyl (C=O) groups excluding carboxylic acids is 1. The molecule has 1 aromatic heterocycles. The molecule has 0 fully saturated rings. The molecule has 1 heterocycles. The summed E-state index contributed by atoms with van der Waals surface area (Å²) in [4.78, 5) is 16.7. The Morgan fingerprint density at radius 1 is 1.20 bits per heavy atom. The van der Waals surface area contributed by atoms with E-state index >= 15 is 0 Å². The quantitative estimate of drug-likeness (QED) is 0.624. The first kappa shape index (κ1) is 14.7. The van der Waals surface area contributed by atoms with Gasteiger partial charge in [-0.1, -0.05) is 11.8 Å². The zero-order valence-electron chi connectivity index (χ0n) is 11.7. The standard InChI is InChI=1S/C16H16FNOS/c1-10-8-11(2)18-15(9-10)20-12(3)16(19)13-4-6-14(17)7-5-13/h4-9,12H,1-3H3. The molecule has 0 saturated heterocycles. The van der Waals surface area contributed by atoms with Gasteiger partial charge < -0.3 is 0 Å². The molecule has 0 saturated carbocycles. The fourth-order valence-corrected chi connectivity index (χ4v) is 3.00. The van der Waals surface area contributed by atoms with Crippen LogP contribution in [0.4, 0.5) is 4.39 Å². The van der Waals surface area contributed by atoms with Gasteiger partial charge in [0.15, 0.2) is 5.78 Å². The number of aryl methyl sites for hydroxylation is 2. The van der Waals surface area contributed by atoms with Gasteiger partial charge in [0.1, 0.15) is 5.82 Å². The van der Waals surface area contributed by atoms with Gasteiger partial charge in [-0.2, -0.15) is 0 Å². The van der Waals surface area contributed by atoms with E-state index in [2.05, 4.69) is 4.98 Å². The molecule has 1 unspecified atom stereocenters. The van der Waals surface area contributed by atoms with Gasteiger partial charge in [-0.3, -0.25) is 4.79 Å². The molecule has 0 aliphatic rings. The second-order valence-corrected chi connectivity index (χ2v) is 6.12. The number of aromatic nitrogens is 1. The highest BCUT2D eigenvalue weighted by atomic mass is 32.2. The first-order chi connectivity index (χ1) is 9.45. The minimum atomic E-state index is -0.335. The van der Waals surface area contributed by atoms with Gasteiger partial charge >= 0.3 is 0 Å². The molecule has 2 rings (SSSR count). The highest BCUT2D eigenvalue weighted by Gasteiger charge is 2.17. The monoisotopic (exact) mass is 289 g/mol. The zero-order chi connectivity index (χ0) is 14.7. The summed E-state index contributed by atoms with van der Waals surface area (Å²) in [6, 6.07) is 9.61. The number of rotatable bonds is 4. The number of Topliss-reactive ketones (excluding diaryl/α,β-unsaturated/α-hetero) is 1.